The van der Waals surface area contributed by atoms with Gasteiger partial charge < -0.3 is 11.1 Å². The van der Waals surface area contributed by atoms with Crippen molar-refractivity contribution in [3.05, 3.63) is 81.8 Å². The highest BCUT2D eigenvalue weighted by Gasteiger charge is 2.31. The van der Waals surface area contributed by atoms with Gasteiger partial charge in [-0.05, 0) is 55.0 Å². The van der Waals surface area contributed by atoms with Gasteiger partial charge in [-0.2, -0.15) is 23.0 Å². The fourth-order valence-corrected chi connectivity index (χ4v) is 3.67. The van der Waals surface area contributed by atoms with Crippen LogP contribution < -0.4 is 16.6 Å². The molecule has 33 heavy (non-hydrogen) atoms. The van der Waals surface area contributed by atoms with Crippen molar-refractivity contribution in [2.45, 2.75) is 24.0 Å². The van der Waals surface area contributed by atoms with Crippen molar-refractivity contribution in [3.63, 3.8) is 0 Å². The van der Waals surface area contributed by atoms with Gasteiger partial charge in [-0.15, -0.1) is 0 Å². The van der Waals surface area contributed by atoms with Gasteiger partial charge in [0.05, 0.1) is 22.2 Å². The van der Waals surface area contributed by atoms with Gasteiger partial charge in [0.1, 0.15) is 5.69 Å². The van der Waals surface area contributed by atoms with Crippen LogP contribution in [-0.4, -0.2) is 30.4 Å². The van der Waals surface area contributed by atoms with E-state index < -0.39 is 39.1 Å². The van der Waals surface area contributed by atoms with Gasteiger partial charge >= 0.3 is 6.18 Å². The number of hydrogen-bond acceptors (Lipinski definition) is 6. The topological polar surface area (TPSA) is 124 Å². The van der Waals surface area contributed by atoms with E-state index in [4.69, 9.17) is 5.73 Å². The Morgan fingerprint density at radius 3 is 2.45 bits per heavy atom. The second-order valence-electron chi connectivity index (χ2n) is 7.32. The van der Waals surface area contributed by atoms with E-state index in [1.807, 2.05) is 0 Å². The molecule has 0 unspecified atom stereocenters. The number of nitrogen functional groups attached to an aromatic ring is 1. The minimum atomic E-state index is -4.61. The summed E-state index contributed by atoms with van der Waals surface area (Å²) < 4.78 is 63.6. The molecule has 12 heteroatoms. The van der Waals surface area contributed by atoms with E-state index in [1.165, 1.54) is 37.3 Å². The van der Waals surface area contributed by atoms with E-state index >= 15 is 0 Å². The van der Waals surface area contributed by atoms with Crippen LogP contribution in [0.25, 0.3) is 5.69 Å². The van der Waals surface area contributed by atoms with E-state index in [0.29, 0.717) is 0 Å². The molecule has 0 spiro atoms. The lowest BCUT2D eigenvalue weighted by Crippen LogP contribution is -2.31. The largest absolute Gasteiger partial charge is 0.416 e. The Kier molecular flexibility index (Phi) is 6.32. The zero-order valence-electron chi connectivity index (χ0n) is 17.4. The summed E-state index contributed by atoms with van der Waals surface area (Å²) in [6.07, 6.45) is -3.60. The number of rotatable bonds is 5. The normalized spacial score (nSPS) is 12.9. The van der Waals surface area contributed by atoms with Crippen molar-refractivity contribution in [2.24, 2.45) is 0 Å². The lowest BCUT2D eigenvalue weighted by molar-refractivity contribution is -0.137. The third-order valence-corrected chi connectivity index (χ3v) is 5.79. The number of amides is 1. The van der Waals surface area contributed by atoms with Gasteiger partial charge in [0.25, 0.3) is 11.5 Å². The number of hydrogen-bond donors (Lipinski definition) is 2. The highest BCUT2D eigenvalue weighted by molar-refractivity contribution is 7.90. The molecule has 0 aliphatic rings. The summed E-state index contributed by atoms with van der Waals surface area (Å²) in [6, 6.07) is 9.80. The fourth-order valence-electron chi connectivity index (χ4n) is 3.01. The van der Waals surface area contributed by atoms with Gasteiger partial charge in [-0.3, -0.25) is 9.59 Å². The molecule has 1 heterocycles. The predicted octanol–water partition coefficient (Wildman–Crippen LogP) is 2.73. The van der Waals surface area contributed by atoms with E-state index in [1.54, 1.807) is 0 Å². The maximum atomic E-state index is 13.1. The number of alkyl halides is 3. The van der Waals surface area contributed by atoms with Crippen LogP contribution in [0.3, 0.4) is 0 Å². The van der Waals surface area contributed by atoms with E-state index in [-0.39, 0.29) is 27.5 Å². The van der Waals surface area contributed by atoms with E-state index in [0.717, 1.165) is 35.2 Å². The molecule has 0 saturated carbocycles. The van der Waals surface area contributed by atoms with Crippen LogP contribution in [0, 0.1) is 0 Å². The molecule has 0 saturated heterocycles. The third kappa shape index (κ3) is 5.58. The van der Waals surface area contributed by atoms with Crippen molar-refractivity contribution in [2.75, 3.05) is 12.0 Å². The van der Waals surface area contributed by atoms with Crippen molar-refractivity contribution in [1.29, 1.82) is 0 Å². The molecule has 8 nitrogen and oxygen atoms in total. The number of nitrogens with two attached hydrogens (primary N) is 1. The maximum Gasteiger partial charge on any atom is 0.416 e. The Labute approximate surface area is 186 Å². The number of benzene rings is 2. The van der Waals surface area contributed by atoms with E-state index in [2.05, 4.69) is 10.4 Å². The van der Waals surface area contributed by atoms with Crippen LogP contribution >= 0.6 is 0 Å². The minimum absolute atomic E-state index is 0.0423. The number of nitrogens with zero attached hydrogens (tertiary/aromatic N) is 2. The number of aromatic nitrogens is 2. The van der Waals surface area contributed by atoms with Gasteiger partial charge in [0, 0.05) is 18.0 Å². The Hall–Kier alpha value is -3.67. The molecule has 0 aliphatic heterocycles. The van der Waals surface area contributed by atoms with Crippen molar-refractivity contribution < 1.29 is 26.4 Å². The lowest BCUT2D eigenvalue weighted by Gasteiger charge is -2.17. The first-order valence-electron chi connectivity index (χ1n) is 9.45. The molecule has 174 valence electrons. The smallest absolute Gasteiger partial charge is 0.399 e. The minimum Gasteiger partial charge on any atom is -0.399 e. The molecule has 2 aromatic carbocycles. The van der Waals surface area contributed by atoms with Crippen molar-refractivity contribution >= 4 is 21.4 Å². The molecule has 1 atom stereocenters. The lowest BCUT2D eigenvalue weighted by atomic mass is 10.0. The number of anilines is 1. The number of sulfone groups is 1. The summed E-state index contributed by atoms with van der Waals surface area (Å²) >= 11 is 0. The monoisotopic (exact) mass is 480 g/mol. The molecule has 1 amide bonds. The number of carbonyl (C=O) groups excluding carboxylic acids is 1. The number of nitrogens with one attached hydrogen (secondary N) is 1. The highest BCUT2D eigenvalue weighted by atomic mass is 32.2. The van der Waals surface area contributed by atoms with Crippen LogP contribution in [-0.2, 0) is 16.0 Å². The van der Waals surface area contributed by atoms with E-state index in [9.17, 15) is 31.2 Å². The zero-order valence-corrected chi connectivity index (χ0v) is 18.2. The Balaban J connectivity index is 1.91. The second-order valence-corrected chi connectivity index (χ2v) is 9.34. The first-order valence-corrected chi connectivity index (χ1v) is 11.3. The first kappa shape index (κ1) is 24.0. The van der Waals surface area contributed by atoms with Gasteiger partial charge in [-0.25, -0.2) is 8.42 Å². The summed E-state index contributed by atoms with van der Waals surface area (Å²) in [5.41, 5.74) is 3.95. The Morgan fingerprint density at radius 1 is 1.12 bits per heavy atom. The molecule has 0 fully saturated rings. The molecule has 3 N–H and O–H groups in total. The molecular weight excluding hydrogens is 461 g/mol. The van der Waals surface area contributed by atoms with Crippen LogP contribution in [0.2, 0.25) is 0 Å². The maximum absolute atomic E-state index is 13.1. The van der Waals surface area contributed by atoms with Gasteiger partial charge in [0.15, 0.2) is 9.84 Å². The van der Waals surface area contributed by atoms with Gasteiger partial charge in [-0.1, -0.05) is 6.07 Å². The standard InChI is InChI=1S/C21H19F3N4O4S/c1-12(13-8-14(21(22,23)24)10-15(25)9-13)26-20(30)18-6-7-19(29)28(27-18)16-4-3-5-17(11-16)33(2,31)32/h3-12H,25H2,1-2H3,(H,26,30)/t12-/m1/s1. The van der Waals surface area contributed by atoms with Crippen molar-refractivity contribution in [3.8, 4) is 5.69 Å². The highest BCUT2D eigenvalue weighted by Crippen LogP contribution is 2.32. The summed E-state index contributed by atoms with van der Waals surface area (Å²) in [7, 11) is -3.55. The van der Waals surface area contributed by atoms with Crippen LogP contribution in [0.4, 0.5) is 18.9 Å². The average Bonchev–Trinajstić information content (AvgIpc) is 2.72. The Bertz CT molecular complexity index is 1380. The summed E-state index contributed by atoms with van der Waals surface area (Å²) in [4.78, 5) is 24.9. The average molecular weight is 480 g/mol. The predicted molar refractivity (Wildman–Crippen MR) is 115 cm³/mol. The number of carbonyl (C=O) groups is 1. The molecule has 3 aromatic rings. The summed E-state index contributed by atoms with van der Waals surface area (Å²) in [6.45, 7) is 1.47. The zero-order chi connectivity index (χ0) is 24.6. The second kappa shape index (κ2) is 8.70. The third-order valence-electron chi connectivity index (χ3n) is 4.68. The van der Waals surface area contributed by atoms with Crippen LogP contribution in [0.5, 0.6) is 0 Å². The van der Waals surface area contributed by atoms with Gasteiger partial charge in [0.2, 0.25) is 0 Å². The quantitative estimate of drug-likeness (QED) is 0.541. The molecular formula is C21H19F3N4O4S. The fraction of sp³-hybridized carbons (Fsp3) is 0.190. The molecule has 0 bridgehead atoms. The Morgan fingerprint density at radius 2 is 1.82 bits per heavy atom. The summed E-state index contributed by atoms with van der Waals surface area (Å²) in [5, 5.41) is 6.50. The molecule has 0 radical (unpaired) electrons. The summed E-state index contributed by atoms with van der Waals surface area (Å²) in [5.74, 6) is -0.758. The molecule has 0 aliphatic carbocycles. The first-order chi connectivity index (χ1) is 15.3. The van der Waals surface area contributed by atoms with Crippen LogP contribution in [0.1, 0.15) is 34.6 Å². The molecule has 1 aromatic heterocycles. The number of halogens is 3. The SMILES string of the molecule is C[C@@H](NC(=O)c1ccc(=O)n(-c2cccc(S(C)(=O)=O)c2)n1)c1cc(N)cc(C(F)(F)F)c1. The molecule has 3 rings (SSSR count). The van der Waals surface area contributed by atoms with Crippen LogP contribution in [0.15, 0.2) is 64.3 Å². The van der Waals surface area contributed by atoms with Crippen molar-refractivity contribution in [1.82, 2.24) is 15.1 Å².